The fourth-order valence-corrected chi connectivity index (χ4v) is 1.34. The van der Waals surface area contributed by atoms with Gasteiger partial charge < -0.3 is 4.40 Å². The molecule has 0 aliphatic carbocycles. The molecule has 0 bridgehead atoms. The van der Waals surface area contributed by atoms with Gasteiger partial charge in [0.1, 0.15) is 0 Å². The topological polar surface area (TPSA) is 30.2 Å². The van der Waals surface area contributed by atoms with Gasteiger partial charge in [0.05, 0.1) is 5.69 Å². The molecule has 2 aromatic heterocycles. The van der Waals surface area contributed by atoms with Gasteiger partial charge in [-0.1, -0.05) is 6.92 Å². The van der Waals surface area contributed by atoms with Crippen LogP contribution in [0.3, 0.4) is 0 Å². The Morgan fingerprint density at radius 2 is 2.25 bits per heavy atom. The second-order valence-corrected chi connectivity index (χ2v) is 2.82. The molecule has 0 saturated heterocycles. The third kappa shape index (κ3) is 0.897. The molecular formula is C9H11N3. The molecule has 0 unspecified atom stereocenters. The molecule has 2 aromatic rings. The molecule has 2 heterocycles. The van der Waals surface area contributed by atoms with Crippen LogP contribution in [0.15, 0.2) is 18.6 Å². The van der Waals surface area contributed by atoms with E-state index in [1.807, 2.05) is 25.5 Å². The number of fused-ring (bicyclic) bond motifs is 1. The van der Waals surface area contributed by atoms with E-state index in [-0.39, 0.29) is 0 Å². The van der Waals surface area contributed by atoms with Crippen molar-refractivity contribution >= 4 is 5.65 Å². The Morgan fingerprint density at radius 1 is 1.42 bits per heavy atom. The number of imidazole rings is 1. The standard InChI is InChI=1S/C9H11N3/c1-3-8-9-11-6-7(2)12(9)5-4-10-8/h4-6H,3H2,1-2H3. The minimum atomic E-state index is 0.931. The largest absolute Gasteiger partial charge is 0.301 e. The van der Waals surface area contributed by atoms with Gasteiger partial charge in [-0.15, -0.1) is 0 Å². The minimum Gasteiger partial charge on any atom is -0.301 e. The van der Waals surface area contributed by atoms with Gasteiger partial charge >= 0.3 is 0 Å². The summed E-state index contributed by atoms with van der Waals surface area (Å²) in [5, 5.41) is 0. The van der Waals surface area contributed by atoms with Crippen LogP contribution in [0.25, 0.3) is 5.65 Å². The van der Waals surface area contributed by atoms with Gasteiger partial charge in [0, 0.05) is 24.3 Å². The van der Waals surface area contributed by atoms with Crippen LogP contribution in [0.5, 0.6) is 0 Å². The van der Waals surface area contributed by atoms with Crippen LogP contribution in [0.2, 0.25) is 0 Å². The van der Waals surface area contributed by atoms with Gasteiger partial charge in [-0.2, -0.15) is 0 Å². The molecule has 12 heavy (non-hydrogen) atoms. The lowest BCUT2D eigenvalue weighted by molar-refractivity contribution is 0.980. The lowest BCUT2D eigenvalue weighted by Crippen LogP contribution is -1.94. The second-order valence-electron chi connectivity index (χ2n) is 2.82. The minimum absolute atomic E-state index is 0.931. The van der Waals surface area contributed by atoms with Crippen LogP contribution < -0.4 is 0 Å². The molecule has 0 aliphatic rings. The average Bonchev–Trinajstić information content (AvgIpc) is 2.48. The molecular weight excluding hydrogens is 150 g/mol. The van der Waals surface area contributed by atoms with Gasteiger partial charge in [-0.25, -0.2) is 4.98 Å². The molecule has 0 amide bonds. The Kier molecular flexibility index (Phi) is 1.57. The summed E-state index contributed by atoms with van der Waals surface area (Å²) in [7, 11) is 0. The van der Waals surface area contributed by atoms with Crippen LogP contribution in [0.1, 0.15) is 18.3 Å². The molecule has 0 radical (unpaired) electrons. The zero-order chi connectivity index (χ0) is 8.55. The van der Waals surface area contributed by atoms with E-state index in [1.54, 1.807) is 0 Å². The summed E-state index contributed by atoms with van der Waals surface area (Å²) in [5.41, 5.74) is 3.20. The lowest BCUT2D eigenvalue weighted by atomic mass is 10.3. The van der Waals surface area contributed by atoms with E-state index in [0.29, 0.717) is 0 Å². The summed E-state index contributed by atoms with van der Waals surface area (Å²) < 4.78 is 2.06. The van der Waals surface area contributed by atoms with Gasteiger partial charge in [-0.3, -0.25) is 4.98 Å². The highest BCUT2D eigenvalue weighted by Crippen LogP contribution is 2.08. The van der Waals surface area contributed by atoms with Crippen molar-refractivity contribution < 1.29 is 0 Å². The maximum atomic E-state index is 4.29. The molecule has 0 aliphatic heterocycles. The molecule has 62 valence electrons. The first kappa shape index (κ1) is 7.28. The van der Waals surface area contributed by atoms with Crippen molar-refractivity contribution in [2.24, 2.45) is 0 Å². The van der Waals surface area contributed by atoms with Crippen LogP contribution in [-0.2, 0) is 6.42 Å². The maximum absolute atomic E-state index is 4.29. The first-order valence-corrected chi connectivity index (χ1v) is 4.10. The Bertz CT molecular complexity index is 403. The summed E-state index contributed by atoms with van der Waals surface area (Å²) in [6, 6.07) is 0. The smallest absolute Gasteiger partial charge is 0.158 e. The van der Waals surface area contributed by atoms with E-state index in [0.717, 1.165) is 23.5 Å². The zero-order valence-electron chi connectivity index (χ0n) is 7.28. The van der Waals surface area contributed by atoms with E-state index >= 15 is 0 Å². The normalized spacial score (nSPS) is 10.8. The highest BCUT2D eigenvalue weighted by molar-refractivity contribution is 5.44. The fraction of sp³-hybridized carbons (Fsp3) is 0.333. The number of aryl methyl sites for hydroxylation is 2. The van der Waals surface area contributed by atoms with E-state index < -0.39 is 0 Å². The Hall–Kier alpha value is -1.38. The summed E-state index contributed by atoms with van der Waals surface area (Å²) in [6.07, 6.45) is 6.56. The molecule has 0 N–H and O–H groups in total. The Morgan fingerprint density at radius 3 is 3.00 bits per heavy atom. The number of nitrogens with zero attached hydrogens (tertiary/aromatic N) is 3. The highest BCUT2D eigenvalue weighted by Gasteiger charge is 2.02. The number of hydrogen-bond acceptors (Lipinski definition) is 2. The molecule has 3 nitrogen and oxygen atoms in total. The maximum Gasteiger partial charge on any atom is 0.158 e. The molecule has 3 heteroatoms. The van der Waals surface area contributed by atoms with Crippen molar-refractivity contribution in [2.45, 2.75) is 20.3 Å². The van der Waals surface area contributed by atoms with Crippen molar-refractivity contribution in [1.29, 1.82) is 0 Å². The summed E-state index contributed by atoms with van der Waals surface area (Å²) in [4.78, 5) is 8.54. The predicted molar refractivity (Wildman–Crippen MR) is 47.1 cm³/mol. The SMILES string of the molecule is CCc1nccn2c(C)cnc12. The third-order valence-electron chi connectivity index (χ3n) is 2.02. The summed E-state index contributed by atoms with van der Waals surface area (Å²) >= 11 is 0. The monoisotopic (exact) mass is 161 g/mol. The highest BCUT2D eigenvalue weighted by atomic mass is 15.0. The van der Waals surface area contributed by atoms with Crippen LogP contribution in [0, 0.1) is 6.92 Å². The van der Waals surface area contributed by atoms with Crippen LogP contribution in [0.4, 0.5) is 0 Å². The number of rotatable bonds is 1. The van der Waals surface area contributed by atoms with E-state index in [4.69, 9.17) is 0 Å². The van der Waals surface area contributed by atoms with Crippen molar-refractivity contribution in [1.82, 2.24) is 14.4 Å². The summed E-state index contributed by atoms with van der Waals surface area (Å²) in [6.45, 7) is 4.13. The Labute approximate surface area is 71.1 Å². The summed E-state index contributed by atoms with van der Waals surface area (Å²) in [5.74, 6) is 0. The van der Waals surface area contributed by atoms with Crippen molar-refractivity contribution in [2.75, 3.05) is 0 Å². The molecule has 0 aromatic carbocycles. The third-order valence-corrected chi connectivity index (χ3v) is 2.02. The fourth-order valence-electron chi connectivity index (χ4n) is 1.34. The Balaban J connectivity index is 2.81. The van der Waals surface area contributed by atoms with Crippen molar-refractivity contribution in [3.8, 4) is 0 Å². The van der Waals surface area contributed by atoms with E-state index in [1.165, 1.54) is 0 Å². The zero-order valence-corrected chi connectivity index (χ0v) is 7.28. The van der Waals surface area contributed by atoms with Gasteiger partial charge in [0.15, 0.2) is 5.65 Å². The molecule has 0 spiro atoms. The molecule has 2 rings (SSSR count). The van der Waals surface area contributed by atoms with Gasteiger partial charge in [-0.05, 0) is 13.3 Å². The van der Waals surface area contributed by atoms with E-state index in [2.05, 4.69) is 21.3 Å². The molecule has 0 fully saturated rings. The van der Waals surface area contributed by atoms with Crippen molar-refractivity contribution in [3.63, 3.8) is 0 Å². The second kappa shape index (κ2) is 2.59. The van der Waals surface area contributed by atoms with Gasteiger partial charge in [0.25, 0.3) is 0 Å². The van der Waals surface area contributed by atoms with Gasteiger partial charge in [0.2, 0.25) is 0 Å². The van der Waals surface area contributed by atoms with E-state index in [9.17, 15) is 0 Å². The van der Waals surface area contributed by atoms with Crippen LogP contribution in [-0.4, -0.2) is 14.4 Å². The lowest BCUT2D eigenvalue weighted by Gasteiger charge is -1.99. The number of hydrogen-bond donors (Lipinski definition) is 0. The number of aromatic nitrogens is 3. The first-order chi connectivity index (χ1) is 5.83. The first-order valence-electron chi connectivity index (χ1n) is 4.10. The van der Waals surface area contributed by atoms with Crippen LogP contribution >= 0.6 is 0 Å². The molecule has 0 saturated carbocycles. The van der Waals surface area contributed by atoms with Crippen molar-refractivity contribution in [3.05, 3.63) is 30.0 Å². The predicted octanol–water partition coefficient (Wildman–Crippen LogP) is 1.60. The molecule has 0 atom stereocenters. The average molecular weight is 161 g/mol. The quantitative estimate of drug-likeness (QED) is 0.636.